The highest BCUT2D eigenvalue weighted by molar-refractivity contribution is 7.99. The highest BCUT2D eigenvalue weighted by Crippen LogP contribution is 2.35. The minimum absolute atomic E-state index is 0.427. The van der Waals surface area contributed by atoms with Crippen LogP contribution < -0.4 is 11.3 Å². The molecule has 5 nitrogen and oxygen atoms in total. The number of hydrazine groups is 1. The van der Waals surface area contributed by atoms with Gasteiger partial charge in [-0.1, -0.05) is 0 Å². The van der Waals surface area contributed by atoms with Gasteiger partial charge >= 0.3 is 0 Å². The van der Waals surface area contributed by atoms with Gasteiger partial charge in [-0.2, -0.15) is 0 Å². The average Bonchev–Trinajstić information content (AvgIpc) is 2.78. The molecule has 0 bridgehead atoms. The number of rotatable bonds is 3. The number of aryl methyl sites for hydroxylation is 3. The van der Waals surface area contributed by atoms with E-state index in [0.29, 0.717) is 5.95 Å². The van der Waals surface area contributed by atoms with E-state index in [2.05, 4.69) is 52.4 Å². The van der Waals surface area contributed by atoms with Crippen LogP contribution in [0.2, 0.25) is 0 Å². The van der Waals surface area contributed by atoms with Crippen molar-refractivity contribution in [1.29, 1.82) is 0 Å². The molecule has 0 fully saturated rings. The van der Waals surface area contributed by atoms with Crippen molar-refractivity contribution in [1.82, 2.24) is 15.0 Å². The first-order chi connectivity index (χ1) is 10.0. The van der Waals surface area contributed by atoms with E-state index >= 15 is 0 Å². The lowest BCUT2D eigenvalue weighted by atomic mass is 10.3. The van der Waals surface area contributed by atoms with Crippen LogP contribution in [0.3, 0.4) is 0 Å². The summed E-state index contributed by atoms with van der Waals surface area (Å²) in [7, 11) is 0. The maximum Gasteiger partial charge on any atom is 0.239 e. The monoisotopic (exact) mass is 317 g/mol. The van der Waals surface area contributed by atoms with Crippen LogP contribution in [0.5, 0.6) is 0 Å². The first kappa shape index (κ1) is 14.2. The predicted octanol–water partition coefficient (Wildman–Crippen LogP) is 3.45. The Bertz CT molecular complexity index is 792. The Morgan fingerprint density at radius 1 is 1.10 bits per heavy atom. The van der Waals surface area contributed by atoms with Gasteiger partial charge in [0.2, 0.25) is 5.95 Å². The summed E-state index contributed by atoms with van der Waals surface area (Å²) in [6, 6.07) is 6.22. The van der Waals surface area contributed by atoms with Crippen LogP contribution in [-0.2, 0) is 0 Å². The molecule has 7 heteroatoms. The molecule has 0 aromatic carbocycles. The number of pyridine rings is 1. The van der Waals surface area contributed by atoms with Crippen molar-refractivity contribution >= 4 is 39.3 Å². The van der Waals surface area contributed by atoms with E-state index in [0.717, 1.165) is 26.0 Å². The molecule has 21 heavy (non-hydrogen) atoms. The maximum absolute atomic E-state index is 5.46. The minimum atomic E-state index is 0.427. The second-order valence-electron chi connectivity index (χ2n) is 4.80. The minimum Gasteiger partial charge on any atom is -0.292 e. The molecular weight excluding hydrogens is 302 g/mol. The van der Waals surface area contributed by atoms with Crippen molar-refractivity contribution in [2.24, 2.45) is 5.84 Å². The van der Waals surface area contributed by atoms with Crippen molar-refractivity contribution in [3.8, 4) is 0 Å². The Balaban J connectivity index is 2.10. The largest absolute Gasteiger partial charge is 0.292 e. The van der Waals surface area contributed by atoms with Crippen molar-refractivity contribution in [2.45, 2.75) is 30.8 Å². The van der Waals surface area contributed by atoms with E-state index in [1.165, 1.54) is 22.2 Å². The molecule has 0 saturated carbocycles. The summed E-state index contributed by atoms with van der Waals surface area (Å²) in [5.41, 5.74) is 4.72. The van der Waals surface area contributed by atoms with Crippen LogP contribution in [0.4, 0.5) is 5.95 Å². The number of nitrogens with two attached hydrogens (primary N) is 1. The zero-order chi connectivity index (χ0) is 15.0. The second kappa shape index (κ2) is 5.59. The normalized spacial score (nSPS) is 11.0. The number of anilines is 1. The summed E-state index contributed by atoms with van der Waals surface area (Å²) in [6.45, 7) is 6.12. The molecule has 0 aliphatic rings. The Kier molecular flexibility index (Phi) is 3.79. The van der Waals surface area contributed by atoms with E-state index < -0.39 is 0 Å². The quantitative estimate of drug-likeness (QED) is 0.438. The van der Waals surface area contributed by atoms with Gasteiger partial charge in [0.05, 0.1) is 0 Å². The zero-order valence-corrected chi connectivity index (χ0v) is 13.6. The lowest BCUT2D eigenvalue weighted by molar-refractivity contribution is 1.03. The number of fused-ring (bicyclic) bond motifs is 1. The van der Waals surface area contributed by atoms with Gasteiger partial charge in [-0.3, -0.25) is 5.43 Å². The number of hydrogen-bond donors (Lipinski definition) is 2. The Labute approximate surface area is 131 Å². The van der Waals surface area contributed by atoms with Gasteiger partial charge in [0.1, 0.15) is 14.9 Å². The van der Waals surface area contributed by atoms with Crippen molar-refractivity contribution in [3.05, 3.63) is 34.3 Å². The fraction of sp³-hybridized carbons (Fsp3) is 0.214. The molecule has 0 unspecified atom stereocenters. The highest BCUT2D eigenvalue weighted by atomic mass is 32.2. The number of nitrogens with zero attached hydrogens (tertiary/aromatic N) is 3. The predicted molar refractivity (Wildman–Crippen MR) is 87.8 cm³/mol. The lowest BCUT2D eigenvalue weighted by Gasteiger charge is -2.06. The summed E-state index contributed by atoms with van der Waals surface area (Å²) < 4.78 is 0. The molecule has 0 aliphatic carbocycles. The fourth-order valence-electron chi connectivity index (χ4n) is 2.11. The fourth-order valence-corrected chi connectivity index (χ4v) is 4.09. The molecule has 108 valence electrons. The van der Waals surface area contributed by atoms with Crippen LogP contribution in [0.25, 0.3) is 10.2 Å². The van der Waals surface area contributed by atoms with Gasteiger partial charge in [0, 0.05) is 16.0 Å². The first-order valence-corrected chi connectivity index (χ1v) is 8.06. The molecule has 0 aliphatic heterocycles. The van der Waals surface area contributed by atoms with Crippen LogP contribution in [-0.4, -0.2) is 15.0 Å². The summed E-state index contributed by atoms with van der Waals surface area (Å²) in [5.74, 6) is 5.89. The molecular formula is C14H15N5S2. The number of hydrogen-bond acceptors (Lipinski definition) is 7. The van der Waals surface area contributed by atoms with E-state index in [1.807, 2.05) is 6.92 Å². The molecule has 3 aromatic heterocycles. The number of thiophene rings is 1. The molecule has 3 heterocycles. The number of nitrogen functional groups attached to an aromatic ring is 1. The van der Waals surface area contributed by atoms with E-state index in [-0.39, 0.29) is 0 Å². The van der Waals surface area contributed by atoms with E-state index in [4.69, 9.17) is 5.84 Å². The molecule has 0 saturated heterocycles. The topological polar surface area (TPSA) is 76.7 Å². The SMILES string of the molecule is Cc1cc(C)nc(Sc2nc(NN)nc3sc(C)cc23)c1. The lowest BCUT2D eigenvalue weighted by Crippen LogP contribution is -2.10. The maximum atomic E-state index is 5.46. The summed E-state index contributed by atoms with van der Waals surface area (Å²) in [5, 5.41) is 2.84. The molecule has 0 atom stereocenters. The smallest absolute Gasteiger partial charge is 0.239 e. The van der Waals surface area contributed by atoms with E-state index in [9.17, 15) is 0 Å². The molecule has 0 amide bonds. The van der Waals surface area contributed by atoms with Crippen molar-refractivity contribution in [2.75, 3.05) is 5.43 Å². The Morgan fingerprint density at radius 3 is 2.62 bits per heavy atom. The Morgan fingerprint density at radius 2 is 1.90 bits per heavy atom. The first-order valence-electron chi connectivity index (χ1n) is 6.43. The highest BCUT2D eigenvalue weighted by Gasteiger charge is 2.12. The summed E-state index contributed by atoms with van der Waals surface area (Å²) >= 11 is 3.17. The van der Waals surface area contributed by atoms with Crippen LogP contribution >= 0.6 is 23.1 Å². The van der Waals surface area contributed by atoms with Gasteiger partial charge in [-0.05, 0) is 56.3 Å². The Hall–Kier alpha value is -1.70. The van der Waals surface area contributed by atoms with E-state index in [1.54, 1.807) is 11.3 Å². The van der Waals surface area contributed by atoms with Gasteiger partial charge in [-0.15, -0.1) is 11.3 Å². The molecule has 0 spiro atoms. The third-order valence-electron chi connectivity index (χ3n) is 2.89. The van der Waals surface area contributed by atoms with Crippen LogP contribution in [0.15, 0.2) is 28.3 Å². The van der Waals surface area contributed by atoms with Crippen molar-refractivity contribution < 1.29 is 0 Å². The van der Waals surface area contributed by atoms with Gasteiger partial charge in [0.25, 0.3) is 0 Å². The van der Waals surface area contributed by atoms with Crippen LogP contribution in [0.1, 0.15) is 16.1 Å². The third kappa shape index (κ3) is 2.99. The zero-order valence-electron chi connectivity index (χ0n) is 12.0. The molecule has 0 radical (unpaired) electrons. The molecule has 3 aromatic rings. The average molecular weight is 317 g/mol. The number of aromatic nitrogens is 3. The third-order valence-corrected chi connectivity index (χ3v) is 4.75. The molecule has 3 rings (SSSR count). The standard InChI is InChI=1S/C14H15N5S2/c1-7-4-8(2)16-11(5-7)21-13-10-6-9(3)20-12(10)17-14(18-13)19-15/h4-6H,15H2,1-3H3,(H,17,18,19). The van der Waals surface area contributed by atoms with Gasteiger partial charge in [-0.25, -0.2) is 20.8 Å². The van der Waals surface area contributed by atoms with Gasteiger partial charge in [0.15, 0.2) is 0 Å². The number of nitrogens with one attached hydrogen (secondary N) is 1. The second-order valence-corrected chi connectivity index (χ2v) is 7.04. The molecule has 3 N–H and O–H groups in total. The van der Waals surface area contributed by atoms with Gasteiger partial charge < -0.3 is 0 Å². The van der Waals surface area contributed by atoms with Crippen molar-refractivity contribution in [3.63, 3.8) is 0 Å². The summed E-state index contributed by atoms with van der Waals surface area (Å²) in [6.07, 6.45) is 0. The van der Waals surface area contributed by atoms with Crippen LogP contribution in [0, 0.1) is 20.8 Å². The summed E-state index contributed by atoms with van der Waals surface area (Å²) in [4.78, 5) is 15.5.